The van der Waals surface area contributed by atoms with Gasteiger partial charge in [-0.25, -0.2) is 0 Å². The predicted molar refractivity (Wildman–Crippen MR) is 79.2 cm³/mol. The summed E-state index contributed by atoms with van der Waals surface area (Å²) in [6.07, 6.45) is 3.20. The molecular formula is C16H24N2O. The highest BCUT2D eigenvalue weighted by Gasteiger charge is 2.34. The molecule has 1 aromatic carbocycles. The van der Waals surface area contributed by atoms with Crippen LogP contribution in [0, 0.1) is 25.7 Å². The summed E-state index contributed by atoms with van der Waals surface area (Å²) in [5, 5.41) is 0. The first-order chi connectivity index (χ1) is 9.04. The molecule has 0 spiro atoms. The van der Waals surface area contributed by atoms with Crippen LogP contribution in [-0.4, -0.2) is 19.5 Å². The molecule has 3 heteroatoms. The van der Waals surface area contributed by atoms with E-state index >= 15 is 0 Å². The van der Waals surface area contributed by atoms with Crippen LogP contribution in [0.1, 0.15) is 30.4 Å². The number of anilines is 1. The maximum Gasteiger partial charge on any atom is 0.230 e. The van der Waals surface area contributed by atoms with Gasteiger partial charge in [-0.3, -0.25) is 4.79 Å². The summed E-state index contributed by atoms with van der Waals surface area (Å²) in [4.78, 5) is 14.4. The van der Waals surface area contributed by atoms with Crippen molar-refractivity contribution in [1.82, 2.24) is 0 Å². The van der Waals surface area contributed by atoms with E-state index in [1.807, 2.05) is 18.0 Å². The van der Waals surface area contributed by atoms with E-state index in [1.54, 1.807) is 0 Å². The smallest absolute Gasteiger partial charge is 0.230 e. The van der Waals surface area contributed by atoms with Gasteiger partial charge in [0, 0.05) is 18.7 Å². The minimum atomic E-state index is 0.107. The summed E-state index contributed by atoms with van der Waals surface area (Å²) in [6.45, 7) is 4.75. The van der Waals surface area contributed by atoms with Crippen LogP contribution in [0.15, 0.2) is 18.2 Å². The van der Waals surface area contributed by atoms with Gasteiger partial charge in [-0.1, -0.05) is 24.1 Å². The molecule has 2 N–H and O–H groups in total. The van der Waals surface area contributed by atoms with Gasteiger partial charge in [-0.05, 0) is 50.8 Å². The molecule has 1 aliphatic rings. The van der Waals surface area contributed by atoms with Gasteiger partial charge in [0.2, 0.25) is 5.91 Å². The third-order valence-electron chi connectivity index (χ3n) is 4.32. The molecule has 1 saturated carbocycles. The highest BCUT2D eigenvalue weighted by atomic mass is 16.2. The van der Waals surface area contributed by atoms with Gasteiger partial charge < -0.3 is 10.6 Å². The molecular weight excluding hydrogens is 236 g/mol. The van der Waals surface area contributed by atoms with Crippen molar-refractivity contribution in [2.45, 2.75) is 33.1 Å². The van der Waals surface area contributed by atoms with Crippen molar-refractivity contribution >= 4 is 11.6 Å². The van der Waals surface area contributed by atoms with Gasteiger partial charge >= 0.3 is 0 Å². The van der Waals surface area contributed by atoms with Crippen LogP contribution in [0.2, 0.25) is 0 Å². The monoisotopic (exact) mass is 260 g/mol. The summed E-state index contributed by atoms with van der Waals surface area (Å²) < 4.78 is 0. The maximum atomic E-state index is 12.6. The van der Waals surface area contributed by atoms with Crippen molar-refractivity contribution in [2.24, 2.45) is 17.6 Å². The van der Waals surface area contributed by atoms with Crippen molar-refractivity contribution in [1.29, 1.82) is 0 Å². The average Bonchev–Trinajstić information content (AvgIpc) is 2.85. The first-order valence-electron chi connectivity index (χ1n) is 7.09. The summed E-state index contributed by atoms with van der Waals surface area (Å²) in [7, 11) is 1.88. The fourth-order valence-electron chi connectivity index (χ4n) is 3.19. The molecule has 1 amide bonds. The zero-order valence-electron chi connectivity index (χ0n) is 12.1. The van der Waals surface area contributed by atoms with Crippen molar-refractivity contribution in [3.8, 4) is 0 Å². The number of nitrogens with two attached hydrogens (primary N) is 1. The molecule has 0 radical (unpaired) electrons. The molecule has 0 aliphatic heterocycles. The van der Waals surface area contributed by atoms with Gasteiger partial charge in [0.05, 0.1) is 0 Å². The highest BCUT2D eigenvalue weighted by molar-refractivity contribution is 5.95. The van der Waals surface area contributed by atoms with Crippen LogP contribution in [0.3, 0.4) is 0 Å². The van der Waals surface area contributed by atoms with E-state index in [0.29, 0.717) is 12.5 Å². The van der Waals surface area contributed by atoms with Gasteiger partial charge in [0.1, 0.15) is 0 Å². The van der Waals surface area contributed by atoms with Crippen LogP contribution in [0.25, 0.3) is 0 Å². The molecule has 104 valence electrons. The fraction of sp³-hybridized carbons (Fsp3) is 0.562. The van der Waals surface area contributed by atoms with Gasteiger partial charge in [0.15, 0.2) is 0 Å². The third-order valence-corrected chi connectivity index (χ3v) is 4.32. The zero-order chi connectivity index (χ0) is 14.0. The van der Waals surface area contributed by atoms with Crippen LogP contribution in [-0.2, 0) is 4.79 Å². The van der Waals surface area contributed by atoms with Crippen LogP contribution in [0.5, 0.6) is 0 Å². The number of carbonyl (C=O) groups is 1. The summed E-state index contributed by atoms with van der Waals surface area (Å²) >= 11 is 0. The molecule has 1 aromatic rings. The lowest BCUT2D eigenvalue weighted by Crippen LogP contribution is -2.37. The second-order valence-corrected chi connectivity index (χ2v) is 5.72. The molecule has 0 aromatic heterocycles. The van der Waals surface area contributed by atoms with Crippen molar-refractivity contribution in [3.05, 3.63) is 29.3 Å². The Morgan fingerprint density at radius 2 is 2.11 bits per heavy atom. The Kier molecular flexibility index (Phi) is 4.25. The number of carbonyl (C=O) groups excluding carboxylic acids is 1. The number of hydrogen-bond donors (Lipinski definition) is 1. The number of rotatable bonds is 3. The minimum absolute atomic E-state index is 0.107. The largest absolute Gasteiger partial charge is 0.330 e. The van der Waals surface area contributed by atoms with Gasteiger partial charge in [-0.2, -0.15) is 0 Å². The van der Waals surface area contributed by atoms with E-state index in [2.05, 4.69) is 26.0 Å². The fourth-order valence-corrected chi connectivity index (χ4v) is 3.19. The van der Waals surface area contributed by atoms with E-state index in [0.717, 1.165) is 30.5 Å². The quantitative estimate of drug-likeness (QED) is 0.908. The van der Waals surface area contributed by atoms with Gasteiger partial charge in [-0.15, -0.1) is 0 Å². The Morgan fingerprint density at radius 3 is 2.74 bits per heavy atom. The topological polar surface area (TPSA) is 46.3 Å². The molecule has 3 nitrogen and oxygen atoms in total. The van der Waals surface area contributed by atoms with E-state index in [-0.39, 0.29) is 11.8 Å². The molecule has 2 unspecified atom stereocenters. The number of hydrogen-bond acceptors (Lipinski definition) is 2. The van der Waals surface area contributed by atoms with Crippen LogP contribution in [0.4, 0.5) is 5.69 Å². The second kappa shape index (κ2) is 5.74. The summed E-state index contributed by atoms with van der Waals surface area (Å²) in [6, 6.07) is 6.21. The van der Waals surface area contributed by atoms with E-state index in [9.17, 15) is 4.79 Å². The second-order valence-electron chi connectivity index (χ2n) is 5.72. The van der Waals surface area contributed by atoms with Crippen molar-refractivity contribution in [3.63, 3.8) is 0 Å². The maximum absolute atomic E-state index is 12.6. The Bertz CT molecular complexity index is 470. The predicted octanol–water partition coefficient (Wildman–Crippen LogP) is 2.64. The third kappa shape index (κ3) is 2.81. The molecule has 2 atom stereocenters. The lowest BCUT2D eigenvalue weighted by Gasteiger charge is -2.26. The molecule has 1 aliphatic carbocycles. The molecule has 1 fully saturated rings. The normalized spacial score (nSPS) is 22.5. The molecule has 0 bridgehead atoms. The van der Waals surface area contributed by atoms with Crippen molar-refractivity contribution in [2.75, 3.05) is 18.5 Å². The average molecular weight is 260 g/mol. The lowest BCUT2D eigenvalue weighted by atomic mass is 9.94. The molecule has 0 heterocycles. The first-order valence-corrected chi connectivity index (χ1v) is 7.09. The van der Waals surface area contributed by atoms with E-state index in [1.165, 1.54) is 5.56 Å². The molecule has 0 saturated heterocycles. The summed E-state index contributed by atoms with van der Waals surface area (Å²) in [5.74, 6) is 0.691. The van der Waals surface area contributed by atoms with E-state index < -0.39 is 0 Å². The minimum Gasteiger partial charge on any atom is -0.330 e. The Balaban J connectivity index is 2.19. The Morgan fingerprint density at radius 1 is 1.37 bits per heavy atom. The van der Waals surface area contributed by atoms with Gasteiger partial charge in [0.25, 0.3) is 0 Å². The number of aryl methyl sites for hydroxylation is 2. The highest BCUT2D eigenvalue weighted by Crippen LogP contribution is 2.33. The van der Waals surface area contributed by atoms with E-state index in [4.69, 9.17) is 5.73 Å². The molecule has 2 rings (SSSR count). The van der Waals surface area contributed by atoms with Crippen LogP contribution < -0.4 is 10.6 Å². The Hall–Kier alpha value is -1.35. The number of amides is 1. The Labute approximate surface area is 115 Å². The van der Waals surface area contributed by atoms with Crippen molar-refractivity contribution < 1.29 is 4.79 Å². The summed E-state index contributed by atoms with van der Waals surface area (Å²) in [5.41, 5.74) is 9.17. The number of benzene rings is 1. The molecule has 19 heavy (non-hydrogen) atoms. The number of nitrogens with zero attached hydrogens (tertiary/aromatic N) is 1. The first kappa shape index (κ1) is 14.1. The zero-order valence-corrected chi connectivity index (χ0v) is 12.1. The lowest BCUT2D eigenvalue weighted by molar-refractivity contribution is -0.123. The standard InChI is InChI=1S/C16H24N2O/c1-11-7-8-15(12(2)9-11)18(3)16(19)14-6-4-5-13(14)10-17/h7-9,13-14H,4-6,10,17H2,1-3H3. The van der Waals surface area contributed by atoms with Crippen LogP contribution >= 0.6 is 0 Å². The SMILES string of the molecule is Cc1ccc(N(C)C(=O)C2CCCC2CN)c(C)c1.